The maximum Gasteiger partial charge on any atom is 0.313 e. The van der Waals surface area contributed by atoms with Crippen LogP contribution in [0, 0.1) is 30.3 Å². The van der Waals surface area contributed by atoms with Crippen molar-refractivity contribution in [2.75, 3.05) is 12.3 Å². The molecule has 0 spiro atoms. The van der Waals surface area contributed by atoms with Crippen molar-refractivity contribution in [3.8, 4) is 22.3 Å². The average Bonchev–Trinajstić information content (AvgIpc) is 1.01. The number of ketones is 4. The molecule has 4 aromatic heterocycles. The number of hydrogen-bond donors (Lipinski definition) is 5. The van der Waals surface area contributed by atoms with Crippen LogP contribution in [0.5, 0.6) is 0 Å². The van der Waals surface area contributed by atoms with E-state index >= 15 is 0 Å². The number of imidazole rings is 2. The molecule has 8 aromatic carbocycles. The first-order valence-corrected chi connectivity index (χ1v) is 28.3. The number of nitrogen functional groups attached to an aromatic ring is 1. The van der Waals surface area contributed by atoms with Crippen molar-refractivity contribution < 1.29 is 48.3 Å². The summed E-state index contributed by atoms with van der Waals surface area (Å²) < 4.78 is 4.49. The summed E-state index contributed by atoms with van der Waals surface area (Å²) in [6.07, 6.45) is 3.39. The van der Waals surface area contributed by atoms with E-state index in [0.717, 1.165) is 22.1 Å². The molecular formula is C69H54N10O15. The van der Waals surface area contributed by atoms with E-state index in [-0.39, 0.29) is 57.4 Å². The molecule has 0 radical (unpaired) electrons. The number of benzene rings is 8. The number of para-hydroxylation sites is 4. The highest BCUT2D eigenvalue weighted by atomic mass is 16.6. The van der Waals surface area contributed by atoms with Crippen molar-refractivity contribution >= 4 is 108 Å². The molecule has 0 bridgehead atoms. The van der Waals surface area contributed by atoms with Crippen molar-refractivity contribution in [1.82, 2.24) is 29.9 Å². The molecule has 0 atom stereocenters. The number of nitro groups is 3. The summed E-state index contributed by atoms with van der Waals surface area (Å²) in [4.78, 5) is 145. The van der Waals surface area contributed by atoms with Gasteiger partial charge in [0.25, 0.3) is 28.2 Å². The molecule has 12 aromatic rings. The number of nitrogens with one attached hydrogen (secondary N) is 4. The fourth-order valence-corrected chi connectivity index (χ4v) is 9.50. The van der Waals surface area contributed by atoms with Gasteiger partial charge in [0.15, 0.2) is 29.5 Å². The highest BCUT2D eigenvalue weighted by Crippen LogP contribution is 2.34. The molecule has 25 heteroatoms. The number of esters is 1. The Balaban J connectivity index is 0.000000162. The average molecular weight is 1260 g/mol. The lowest BCUT2D eigenvalue weighted by Gasteiger charge is -2.11. The molecule has 4 heterocycles. The quantitative estimate of drug-likeness (QED) is 0.00930. The topological polar surface area (TPSA) is 390 Å². The smallest absolute Gasteiger partial charge is 0.313 e. The zero-order valence-electron chi connectivity index (χ0n) is 50.1. The van der Waals surface area contributed by atoms with Gasteiger partial charge in [0, 0.05) is 80.6 Å². The summed E-state index contributed by atoms with van der Waals surface area (Å²) in [7, 11) is 0. The van der Waals surface area contributed by atoms with Crippen LogP contribution in [0.2, 0.25) is 0 Å². The standard InChI is InChI=1S/C25H16N4O4.C17H12N2O4.C13H10N2O3.C8H6N2O.C6H10O3/c30-21(12-13-22-26-19-8-4-5-9-20(19)27-22)24-23(15-6-2-1-3-7-15)17-14-16(29(32)33)10-11-18(17)28-25(24)31;1-10(20)15-16(11-5-3-2-4-6-11)13-9-12(19(22)23)7-8-14(13)18-17(15)21;14-12-7-6-10(15(17)18)8-11(12)13(16)9-4-2-1-3-5-9;11-5-8-9-6-3-1-2-4-7(6)10-8;1-3-9-6(8)4-5(2)7/h1-14H,(H,26,27)(H,28,31);2-9H,1H3,(H,18,21);1-8H,14H2;1-5H,(H,9,10);3-4H2,1-2H3/b13-12+;;;;. The molecule has 0 unspecified atom stereocenters. The Bertz CT molecular complexity index is 4980. The number of carbonyl (C=O) groups excluding carboxylic acids is 6. The minimum Gasteiger partial charge on any atom is -0.466 e. The highest BCUT2D eigenvalue weighted by Gasteiger charge is 2.23. The number of nitrogens with zero attached hydrogens (tertiary/aromatic N) is 5. The normalized spacial score (nSPS) is 10.5. The van der Waals surface area contributed by atoms with Gasteiger partial charge in [0.05, 0.1) is 60.1 Å². The summed E-state index contributed by atoms with van der Waals surface area (Å²) in [5.41, 5.74) is 11.1. The lowest BCUT2D eigenvalue weighted by atomic mass is 9.93. The first-order chi connectivity index (χ1) is 45.1. The van der Waals surface area contributed by atoms with Gasteiger partial charge in [-0.05, 0) is 86.5 Å². The predicted octanol–water partition coefficient (Wildman–Crippen LogP) is 12.5. The molecule has 94 heavy (non-hydrogen) atoms. The third-order valence-electron chi connectivity index (χ3n) is 13.7. The number of aromatic amines is 4. The van der Waals surface area contributed by atoms with Crippen LogP contribution in [-0.2, 0) is 14.3 Å². The number of aromatic nitrogens is 6. The third-order valence-corrected chi connectivity index (χ3v) is 13.7. The van der Waals surface area contributed by atoms with E-state index in [1.165, 1.54) is 80.6 Å². The van der Waals surface area contributed by atoms with Crippen molar-refractivity contribution in [1.29, 1.82) is 0 Å². The number of hydrogen-bond acceptors (Lipinski definition) is 18. The Morgan fingerprint density at radius 2 is 0.968 bits per heavy atom. The van der Waals surface area contributed by atoms with E-state index in [0.29, 0.717) is 74.2 Å². The third kappa shape index (κ3) is 16.5. The Labute approximate surface area is 531 Å². The number of allylic oxidation sites excluding steroid dienone is 1. The van der Waals surface area contributed by atoms with Gasteiger partial charge in [-0.15, -0.1) is 0 Å². The summed E-state index contributed by atoms with van der Waals surface area (Å²) in [6, 6.07) is 53.4. The van der Waals surface area contributed by atoms with Crippen LogP contribution in [0.4, 0.5) is 22.7 Å². The van der Waals surface area contributed by atoms with Crippen LogP contribution in [0.25, 0.3) is 72.2 Å². The molecule has 0 saturated carbocycles. The van der Waals surface area contributed by atoms with Crippen LogP contribution in [-0.4, -0.2) is 86.7 Å². The number of pyridine rings is 2. The number of ether oxygens (including phenoxy) is 1. The fraction of sp³-hybridized carbons (Fsp3) is 0.0725. The molecule has 12 rings (SSSR count). The van der Waals surface area contributed by atoms with E-state index in [1.54, 1.807) is 85.8 Å². The van der Waals surface area contributed by atoms with Gasteiger partial charge < -0.3 is 30.4 Å². The SMILES string of the molecule is CC(=O)c1c(-c2ccccc2)c2cc([N+](=O)[O-])ccc2[nH]c1=O.CCOC(=O)CC(C)=O.Nc1ccc([N+](=O)[O-])cc1C(=O)c1ccccc1.O=C(/C=C/c1nc2ccccc2[nH]1)c1c(-c2ccccc2)c2cc([N+](=O)[O-])ccc2[nH]c1=O.O=Cc1nc2ccccc2[nH]1. The lowest BCUT2D eigenvalue weighted by molar-refractivity contribution is -0.385. The van der Waals surface area contributed by atoms with E-state index in [2.05, 4.69) is 34.6 Å². The number of aldehydes is 1. The number of anilines is 1. The number of Topliss-reactive ketones (excluding diaryl/α,β-unsaturated/α-hetero) is 2. The predicted molar refractivity (Wildman–Crippen MR) is 354 cm³/mol. The maximum atomic E-state index is 13.2. The zero-order chi connectivity index (χ0) is 67.6. The molecule has 0 aliphatic heterocycles. The number of nitro benzene ring substituents is 3. The Morgan fingerprint density at radius 1 is 0.532 bits per heavy atom. The second-order valence-electron chi connectivity index (χ2n) is 20.2. The van der Waals surface area contributed by atoms with Crippen LogP contribution in [0.1, 0.15) is 80.3 Å². The monoisotopic (exact) mass is 1260 g/mol. The second kappa shape index (κ2) is 30.7. The van der Waals surface area contributed by atoms with Crippen LogP contribution in [0.3, 0.4) is 0 Å². The maximum absolute atomic E-state index is 13.2. The molecule has 0 aliphatic carbocycles. The van der Waals surface area contributed by atoms with Gasteiger partial charge in [-0.2, -0.15) is 0 Å². The van der Waals surface area contributed by atoms with E-state index < -0.39 is 43.4 Å². The first kappa shape index (κ1) is 66.6. The van der Waals surface area contributed by atoms with Gasteiger partial charge in [-0.3, -0.25) is 68.7 Å². The number of non-ortho nitro benzene ring substituents is 3. The molecule has 0 fully saturated rings. The second-order valence-corrected chi connectivity index (χ2v) is 20.2. The van der Waals surface area contributed by atoms with Gasteiger partial charge in [-0.1, -0.05) is 115 Å². The first-order valence-electron chi connectivity index (χ1n) is 28.3. The van der Waals surface area contributed by atoms with Crippen molar-refractivity contribution in [2.24, 2.45) is 0 Å². The number of nitrogens with two attached hydrogens (primary N) is 1. The minimum atomic E-state index is -0.575. The Morgan fingerprint density at radius 3 is 1.44 bits per heavy atom. The molecule has 0 aliphatic rings. The van der Waals surface area contributed by atoms with Crippen molar-refractivity contribution in [3.05, 3.63) is 285 Å². The Kier molecular flexibility index (Phi) is 21.8. The molecule has 0 saturated heterocycles. The van der Waals surface area contributed by atoms with Gasteiger partial charge in [-0.25, -0.2) is 9.97 Å². The van der Waals surface area contributed by atoms with Crippen LogP contribution in [0.15, 0.2) is 210 Å². The van der Waals surface area contributed by atoms with Gasteiger partial charge in [0.2, 0.25) is 0 Å². The number of carbonyl (C=O) groups is 6. The fourth-order valence-electron chi connectivity index (χ4n) is 9.50. The van der Waals surface area contributed by atoms with E-state index in [9.17, 15) is 68.7 Å². The number of H-pyrrole nitrogens is 4. The number of fused-ring (bicyclic) bond motifs is 4. The van der Waals surface area contributed by atoms with Crippen LogP contribution >= 0.6 is 0 Å². The van der Waals surface area contributed by atoms with Gasteiger partial charge in [0.1, 0.15) is 18.0 Å². The summed E-state index contributed by atoms with van der Waals surface area (Å²) in [5, 5.41) is 34.0. The molecule has 0 amide bonds. The van der Waals surface area contributed by atoms with Crippen LogP contribution < -0.4 is 16.9 Å². The molecular weight excluding hydrogens is 1210 g/mol. The Hall–Kier alpha value is -13.3. The van der Waals surface area contributed by atoms with Gasteiger partial charge >= 0.3 is 5.97 Å². The largest absolute Gasteiger partial charge is 0.466 e. The zero-order valence-corrected chi connectivity index (χ0v) is 50.1. The van der Waals surface area contributed by atoms with Crippen molar-refractivity contribution in [2.45, 2.75) is 27.2 Å². The lowest BCUT2D eigenvalue weighted by Crippen LogP contribution is -2.18. The highest BCUT2D eigenvalue weighted by molar-refractivity contribution is 6.15. The van der Waals surface area contributed by atoms with Crippen molar-refractivity contribution in [3.63, 3.8) is 0 Å². The summed E-state index contributed by atoms with van der Waals surface area (Å²) in [5.74, 6) is -0.998. The minimum absolute atomic E-state index is 0.00389. The number of rotatable bonds is 15. The molecule has 6 N–H and O–H groups in total. The molecule has 25 nitrogen and oxygen atoms in total. The van der Waals surface area contributed by atoms with E-state index in [1.807, 2.05) is 60.7 Å². The van der Waals surface area contributed by atoms with E-state index in [4.69, 9.17) is 5.73 Å². The summed E-state index contributed by atoms with van der Waals surface area (Å²) >= 11 is 0. The molecule has 470 valence electrons. The summed E-state index contributed by atoms with van der Waals surface area (Å²) in [6.45, 7) is 4.71.